The lowest BCUT2D eigenvalue weighted by molar-refractivity contribution is 0.0715. The van der Waals surface area contributed by atoms with Crippen molar-refractivity contribution in [3.05, 3.63) is 0 Å². The van der Waals surface area contributed by atoms with Gasteiger partial charge in [0.05, 0.1) is 12.4 Å². The van der Waals surface area contributed by atoms with Crippen molar-refractivity contribution in [2.24, 2.45) is 11.8 Å². The maximum absolute atomic E-state index is 11.6. The monoisotopic (exact) mass is 249 g/mol. The molecule has 4 nitrogen and oxygen atoms in total. The summed E-state index contributed by atoms with van der Waals surface area (Å²) in [6, 6.07) is 0. The van der Waals surface area contributed by atoms with Crippen LogP contribution >= 0.6 is 0 Å². The molecule has 1 aliphatic carbocycles. The molecule has 5 heteroatoms. The van der Waals surface area contributed by atoms with E-state index in [9.17, 15) is 8.42 Å². The van der Waals surface area contributed by atoms with Gasteiger partial charge in [-0.25, -0.2) is 8.42 Å². The first kappa shape index (κ1) is 13.9. The van der Waals surface area contributed by atoms with Crippen molar-refractivity contribution in [1.29, 1.82) is 0 Å². The van der Waals surface area contributed by atoms with Gasteiger partial charge in [-0.15, -0.1) is 0 Å². The van der Waals surface area contributed by atoms with Gasteiger partial charge in [0.2, 0.25) is 10.0 Å². The fourth-order valence-electron chi connectivity index (χ4n) is 1.99. The van der Waals surface area contributed by atoms with Crippen molar-refractivity contribution in [2.75, 3.05) is 12.4 Å². The first-order valence-electron chi connectivity index (χ1n) is 6.11. The zero-order valence-corrected chi connectivity index (χ0v) is 11.1. The minimum absolute atomic E-state index is 0.213. The summed E-state index contributed by atoms with van der Waals surface area (Å²) in [7, 11) is -3.25. The molecule has 1 saturated carbocycles. The van der Waals surface area contributed by atoms with Crippen LogP contribution in [0, 0.1) is 11.8 Å². The van der Waals surface area contributed by atoms with Crippen molar-refractivity contribution >= 4 is 10.0 Å². The van der Waals surface area contributed by atoms with Crippen LogP contribution in [-0.2, 0) is 14.9 Å². The predicted octanol–water partition coefficient (Wildman–Crippen LogP) is 2.07. The molecule has 0 aliphatic heterocycles. The zero-order chi connectivity index (χ0) is 12.0. The van der Waals surface area contributed by atoms with Gasteiger partial charge in [-0.1, -0.05) is 38.0 Å². The molecule has 0 aromatic heterocycles. The van der Waals surface area contributed by atoms with Gasteiger partial charge in [0, 0.05) is 0 Å². The van der Waals surface area contributed by atoms with E-state index < -0.39 is 10.0 Å². The van der Waals surface area contributed by atoms with E-state index in [4.69, 9.17) is 4.84 Å². The topological polar surface area (TPSA) is 55.4 Å². The van der Waals surface area contributed by atoms with Crippen LogP contribution in [-0.4, -0.2) is 20.8 Å². The molecule has 0 unspecified atom stereocenters. The third-order valence-electron chi connectivity index (χ3n) is 2.78. The van der Waals surface area contributed by atoms with Gasteiger partial charge >= 0.3 is 0 Å². The van der Waals surface area contributed by atoms with Crippen LogP contribution in [0.5, 0.6) is 0 Å². The molecule has 0 amide bonds. The largest absolute Gasteiger partial charge is 0.287 e. The fraction of sp³-hybridized carbons (Fsp3) is 1.00. The summed E-state index contributed by atoms with van der Waals surface area (Å²) >= 11 is 0. The molecule has 0 aromatic rings. The lowest BCUT2D eigenvalue weighted by atomic mass is 9.91. The van der Waals surface area contributed by atoms with Gasteiger partial charge in [-0.3, -0.25) is 4.84 Å². The molecular weight excluding hydrogens is 226 g/mol. The molecule has 1 aliphatic rings. The minimum atomic E-state index is -3.25. The van der Waals surface area contributed by atoms with Gasteiger partial charge in [-0.2, -0.15) is 0 Å². The summed E-state index contributed by atoms with van der Waals surface area (Å²) in [6.07, 6.45) is 5.63. The Balaban J connectivity index is 2.27. The molecule has 0 aromatic carbocycles. The highest BCUT2D eigenvalue weighted by molar-refractivity contribution is 7.89. The third-order valence-corrected chi connectivity index (χ3v) is 4.06. The minimum Gasteiger partial charge on any atom is -0.287 e. The van der Waals surface area contributed by atoms with Crippen LogP contribution in [0.4, 0.5) is 0 Å². The van der Waals surface area contributed by atoms with Crippen LogP contribution in [0.3, 0.4) is 0 Å². The number of nitrogens with one attached hydrogen (secondary N) is 1. The lowest BCUT2D eigenvalue weighted by Gasteiger charge is -2.21. The van der Waals surface area contributed by atoms with Gasteiger partial charge in [0.15, 0.2) is 0 Å². The Kier molecular flexibility index (Phi) is 5.72. The molecule has 0 bridgehead atoms. The first-order chi connectivity index (χ1) is 7.49. The Bertz CT molecular complexity index is 282. The summed E-state index contributed by atoms with van der Waals surface area (Å²) < 4.78 is 23.3. The molecule has 0 saturated heterocycles. The number of rotatable bonds is 6. The summed E-state index contributed by atoms with van der Waals surface area (Å²) in [4.78, 5) is 7.17. The lowest BCUT2D eigenvalue weighted by Crippen LogP contribution is -2.31. The summed E-state index contributed by atoms with van der Waals surface area (Å²) in [6.45, 7) is 4.38. The molecule has 0 heterocycles. The quantitative estimate of drug-likeness (QED) is 0.733. The highest BCUT2D eigenvalue weighted by Crippen LogP contribution is 2.24. The average Bonchev–Trinajstić information content (AvgIpc) is 2.17. The Morgan fingerprint density at radius 1 is 1.25 bits per heavy atom. The normalized spacial score (nSPS) is 19.2. The molecule has 1 rings (SSSR count). The third kappa shape index (κ3) is 5.82. The smallest absolute Gasteiger partial charge is 0.233 e. The van der Waals surface area contributed by atoms with Gasteiger partial charge < -0.3 is 0 Å². The highest BCUT2D eigenvalue weighted by Gasteiger charge is 2.21. The molecular formula is C11H23NO3S. The van der Waals surface area contributed by atoms with E-state index in [0.717, 1.165) is 25.7 Å². The van der Waals surface area contributed by atoms with Gasteiger partial charge in [-0.05, 0) is 24.7 Å². The van der Waals surface area contributed by atoms with Crippen molar-refractivity contribution in [2.45, 2.75) is 46.0 Å². The van der Waals surface area contributed by atoms with E-state index in [-0.39, 0.29) is 5.75 Å². The van der Waals surface area contributed by atoms with Crippen LogP contribution in [0.2, 0.25) is 0 Å². The van der Waals surface area contributed by atoms with Crippen LogP contribution in [0.25, 0.3) is 0 Å². The Morgan fingerprint density at radius 2 is 1.88 bits per heavy atom. The van der Waals surface area contributed by atoms with Gasteiger partial charge in [0.25, 0.3) is 0 Å². The van der Waals surface area contributed by atoms with E-state index in [1.165, 1.54) is 6.42 Å². The van der Waals surface area contributed by atoms with Gasteiger partial charge in [0.1, 0.15) is 0 Å². The average molecular weight is 249 g/mol. The maximum atomic E-state index is 11.6. The fourth-order valence-corrected chi connectivity index (χ4v) is 3.26. The van der Waals surface area contributed by atoms with Crippen molar-refractivity contribution in [3.8, 4) is 0 Å². The Hall–Kier alpha value is -0.130. The SMILES string of the molecule is CC(C)CONS(=O)(=O)CC1CCCCC1. The second kappa shape index (κ2) is 6.57. The molecule has 1 N–H and O–H groups in total. The van der Waals surface area contributed by atoms with Crippen LogP contribution in [0.15, 0.2) is 0 Å². The number of sulfonamides is 1. The first-order valence-corrected chi connectivity index (χ1v) is 7.76. The molecule has 0 atom stereocenters. The summed E-state index contributed by atoms with van der Waals surface area (Å²) in [5.41, 5.74) is 0. The molecule has 16 heavy (non-hydrogen) atoms. The van der Waals surface area contributed by atoms with E-state index in [2.05, 4.69) is 4.89 Å². The van der Waals surface area contributed by atoms with E-state index in [0.29, 0.717) is 18.4 Å². The Labute approximate surface area is 98.8 Å². The van der Waals surface area contributed by atoms with Crippen molar-refractivity contribution in [3.63, 3.8) is 0 Å². The molecule has 96 valence electrons. The summed E-state index contributed by atoms with van der Waals surface area (Å²) in [5.74, 6) is 0.858. The Morgan fingerprint density at radius 3 is 2.44 bits per heavy atom. The standard InChI is InChI=1S/C11H23NO3S/c1-10(2)8-15-12-16(13,14)9-11-6-4-3-5-7-11/h10-12H,3-9H2,1-2H3. The second-order valence-electron chi connectivity index (χ2n) is 5.07. The van der Waals surface area contributed by atoms with Crippen molar-refractivity contribution < 1.29 is 13.3 Å². The van der Waals surface area contributed by atoms with E-state index >= 15 is 0 Å². The number of hydrogen-bond acceptors (Lipinski definition) is 3. The molecule has 0 spiro atoms. The zero-order valence-electron chi connectivity index (χ0n) is 10.2. The van der Waals surface area contributed by atoms with E-state index in [1.54, 1.807) is 0 Å². The second-order valence-corrected chi connectivity index (χ2v) is 6.80. The predicted molar refractivity (Wildman–Crippen MR) is 64.3 cm³/mol. The molecule has 0 radical (unpaired) electrons. The maximum Gasteiger partial charge on any atom is 0.233 e. The van der Waals surface area contributed by atoms with E-state index in [1.807, 2.05) is 13.8 Å². The van der Waals surface area contributed by atoms with Crippen LogP contribution in [0.1, 0.15) is 46.0 Å². The number of hydrogen-bond donors (Lipinski definition) is 1. The highest BCUT2D eigenvalue weighted by atomic mass is 32.2. The molecule has 1 fully saturated rings. The van der Waals surface area contributed by atoms with Crippen molar-refractivity contribution in [1.82, 2.24) is 4.89 Å². The van der Waals surface area contributed by atoms with Crippen LogP contribution < -0.4 is 4.89 Å². The summed E-state index contributed by atoms with van der Waals surface area (Å²) in [5, 5.41) is 0.